The van der Waals surface area contributed by atoms with Gasteiger partial charge in [-0.3, -0.25) is 9.52 Å². The van der Waals surface area contributed by atoms with Gasteiger partial charge in [0.2, 0.25) is 0 Å². The van der Waals surface area contributed by atoms with E-state index in [0.717, 1.165) is 11.3 Å². The molecule has 2 N–H and O–H groups in total. The highest BCUT2D eigenvalue weighted by Gasteiger charge is 2.17. The van der Waals surface area contributed by atoms with E-state index in [0.29, 0.717) is 5.69 Å². The number of anilines is 2. The molecule has 0 atom stereocenters. The van der Waals surface area contributed by atoms with Crippen LogP contribution in [0.1, 0.15) is 35.7 Å². The number of nitrogens with one attached hydrogen (secondary N) is 2. The lowest BCUT2D eigenvalue weighted by Crippen LogP contribution is -2.16. The Bertz CT molecular complexity index is 1080. The van der Waals surface area contributed by atoms with Crippen molar-refractivity contribution in [2.45, 2.75) is 24.7 Å². The molecule has 0 aliphatic heterocycles. The lowest BCUT2D eigenvalue weighted by molar-refractivity contribution is 0.102. The van der Waals surface area contributed by atoms with Crippen molar-refractivity contribution in [1.29, 1.82) is 0 Å². The number of rotatable bonds is 6. The third kappa shape index (κ3) is 4.58. The van der Waals surface area contributed by atoms with Crippen LogP contribution in [-0.2, 0) is 10.0 Å². The first-order chi connectivity index (χ1) is 13.4. The molecule has 0 saturated carbocycles. The normalized spacial score (nSPS) is 11.2. The summed E-state index contributed by atoms with van der Waals surface area (Å²) in [5, 5.41) is 2.88. The molecule has 3 aromatic rings. The van der Waals surface area contributed by atoms with Gasteiger partial charge in [0, 0.05) is 16.9 Å². The van der Waals surface area contributed by atoms with Gasteiger partial charge in [0.1, 0.15) is 0 Å². The second-order valence-corrected chi connectivity index (χ2v) is 8.38. The predicted molar refractivity (Wildman–Crippen MR) is 112 cm³/mol. The monoisotopic (exact) mass is 394 g/mol. The van der Waals surface area contributed by atoms with Crippen molar-refractivity contribution in [3.8, 4) is 0 Å². The quantitative estimate of drug-likeness (QED) is 0.627. The van der Waals surface area contributed by atoms with Crippen molar-refractivity contribution in [2.24, 2.45) is 0 Å². The van der Waals surface area contributed by atoms with Gasteiger partial charge in [-0.25, -0.2) is 8.42 Å². The van der Waals surface area contributed by atoms with E-state index in [1.165, 1.54) is 12.1 Å². The summed E-state index contributed by atoms with van der Waals surface area (Å²) in [6, 6.07) is 22.2. The molecular weight excluding hydrogens is 372 g/mol. The highest BCUT2D eigenvalue weighted by Crippen LogP contribution is 2.24. The fourth-order valence-electron chi connectivity index (χ4n) is 2.83. The predicted octanol–water partition coefficient (Wildman–Crippen LogP) is 4.86. The van der Waals surface area contributed by atoms with Crippen LogP contribution >= 0.6 is 0 Å². The van der Waals surface area contributed by atoms with E-state index in [1.54, 1.807) is 42.5 Å². The number of hydrogen-bond acceptors (Lipinski definition) is 3. The smallest absolute Gasteiger partial charge is 0.261 e. The Hall–Kier alpha value is -3.12. The van der Waals surface area contributed by atoms with Gasteiger partial charge in [-0.1, -0.05) is 56.3 Å². The lowest BCUT2D eigenvalue weighted by atomic mass is 10.0. The van der Waals surface area contributed by atoms with E-state index in [4.69, 9.17) is 0 Å². The zero-order chi connectivity index (χ0) is 20.1. The average Bonchev–Trinajstić information content (AvgIpc) is 2.69. The molecule has 5 nitrogen and oxygen atoms in total. The number of carbonyl (C=O) groups is 1. The SMILES string of the molecule is CC(C)c1ccccc1NC(=O)c1cccc(S(=O)(=O)Nc2ccccc2)c1. The van der Waals surface area contributed by atoms with Crippen LogP contribution in [0.3, 0.4) is 0 Å². The molecule has 0 saturated heterocycles. The second kappa shape index (κ2) is 8.27. The highest BCUT2D eigenvalue weighted by molar-refractivity contribution is 7.92. The zero-order valence-electron chi connectivity index (χ0n) is 15.7. The number of benzene rings is 3. The maximum absolute atomic E-state index is 12.7. The fraction of sp³-hybridized carbons (Fsp3) is 0.136. The molecule has 3 aromatic carbocycles. The van der Waals surface area contributed by atoms with E-state index in [2.05, 4.69) is 10.0 Å². The van der Waals surface area contributed by atoms with Crippen LogP contribution in [0.25, 0.3) is 0 Å². The van der Waals surface area contributed by atoms with E-state index in [-0.39, 0.29) is 22.3 Å². The van der Waals surface area contributed by atoms with Gasteiger partial charge in [0.15, 0.2) is 0 Å². The molecule has 0 spiro atoms. The van der Waals surface area contributed by atoms with E-state index in [9.17, 15) is 13.2 Å². The van der Waals surface area contributed by atoms with E-state index < -0.39 is 10.0 Å². The first-order valence-corrected chi connectivity index (χ1v) is 10.4. The molecule has 1 amide bonds. The number of carbonyl (C=O) groups excluding carboxylic acids is 1. The molecule has 0 unspecified atom stereocenters. The van der Waals surface area contributed by atoms with Crippen molar-refractivity contribution in [2.75, 3.05) is 10.0 Å². The third-order valence-electron chi connectivity index (χ3n) is 4.26. The Morgan fingerprint density at radius 2 is 1.54 bits per heavy atom. The highest BCUT2D eigenvalue weighted by atomic mass is 32.2. The minimum absolute atomic E-state index is 0.0288. The fourth-order valence-corrected chi connectivity index (χ4v) is 3.94. The number of amides is 1. The van der Waals surface area contributed by atoms with Crippen LogP contribution in [0.5, 0.6) is 0 Å². The number of sulfonamides is 1. The number of hydrogen-bond donors (Lipinski definition) is 2. The zero-order valence-corrected chi connectivity index (χ0v) is 16.5. The summed E-state index contributed by atoms with van der Waals surface area (Å²) in [5.41, 5.74) is 2.47. The van der Waals surface area contributed by atoms with Gasteiger partial charge in [0.05, 0.1) is 4.90 Å². The molecule has 0 aliphatic rings. The van der Waals surface area contributed by atoms with Gasteiger partial charge in [-0.2, -0.15) is 0 Å². The average molecular weight is 394 g/mol. The van der Waals surface area contributed by atoms with Crippen molar-refractivity contribution in [3.05, 3.63) is 90.0 Å². The van der Waals surface area contributed by atoms with Gasteiger partial charge in [0.25, 0.3) is 15.9 Å². The second-order valence-electron chi connectivity index (χ2n) is 6.70. The molecule has 6 heteroatoms. The third-order valence-corrected chi connectivity index (χ3v) is 5.64. The summed E-state index contributed by atoms with van der Waals surface area (Å²) in [5.74, 6) is -0.108. The Balaban J connectivity index is 1.84. The minimum atomic E-state index is -3.79. The van der Waals surface area contributed by atoms with Gasteiger partial charge in [-0.15, -0.1) is 0 Å². The maximum atomic E-state index is 12.7. The molecule has 144 valence electrons. The Morgan fingerprint density at radius 3 is 2.25 bits per heavy atom. The van der Waals surface area contributed by atoms with Crippen LogP contribution in [-0.4, -0.2) is 14.3 Å². The Kier molecular flexibility index (Phi) is 5.80. The molecule has 0 aliphatic carbocycles. The first-order valence-electron chi connectivity index (χ1n) is 8.95. The molecule has 0 radical (unpaired) electrons. The summed E-state index contributed by atoms with van der Waals surface area (Å²) >= 11 is 0. The maximum Gasteiger partial charge on any atom is 0.261 e. The molecule has 0 aromatic heterocycles. The Morgan fingerprint density at radius 1 is 0.857 bits per heavy atom. The molecule has 28 heavy (non-hydrogen) atoms. The van der Waals surface area contributed by atoms with Crippen LogP contribution in [0, 0.1) is 0 Å². The topological polar surface area (TPSA) is 75.3 Å². The minimum Gasteiger partial charge on any atom is -0.322 e. The molecule has 3 rings (SSSR count). The largest absolute Gasteiger partial charge is 0.322 e. The van der Waals surface area contributed by atoms with Gasteiger partial charge >= 0.3 is 0 Å². The van der Waals surface area contributed by atoms with Crippen LogP contribution in [0.4, 0.5) is 11.4 Å². The molecule has 0 fully saturated rings. The number of para-hydroxylation sites is 2. The molecule has 0 bridgehead atoms. The van der Waals surface area contributed by atoms with E-state index in [1.807, 2.05) is 38.1 Å². The van der Waals surface area contributed by atoms with Crippen LogP contribution in [0.2, 0.25) is 0 Å². The molecular formula is C22H22N2O3S. The van der Waals surface area contributed by atoms with Gasteiger partial charge < -0.3 is 5.32 Å². The van der Waals surface area contributed by atoms with Crippen LogP contribution in [0.15, 0.2) is 83.8 Å². The van der Waals surface area contributed by atoms with E-state index >= 15 is 0 Å². The summed E-state index contributed by atoms with van der Waals surface area (Å²) in [6.07, 6.45) is 0. The summed E-state index contributed by atoms with van der Waals surface area (Å²) < 4.78 is 27.8. The summed E-state index contributed by atoms with van der Waals surface area (Å²) in [7, 11) is -3.79. The molecule has 0 heterocycles. The van der Waals surface area contributed by atoms with Crippen molar-refractivity contribution >= 4 is 27.3 Å². The summed E-state index contributed by atoms with van der Waals surface area (Å²) in [6.45, 7) is 4.10. The first kappa shape index (κ1) is 19.6. The Labute approximate surface area is 165 Å². The van der Waals surface area contributed by atoms with Crippen molar-refractivity contribution in [3.63, 3.8) is 0 Å². The lowest BCUT2D eigenvalue weighted by Gasteiger charge is -2.14. The van der Waals surface area contributed by atoms with Gasteiger partial charge in [-0.05, 0) is 47.9 Å². The van der Waals surface area contributed by atoms with Crippen molar-refractivity contribution in [1.82, 2.24) is 0 Å². The van der Waals surface area contributed by atoms with Crippen molar-refractivity contribution < 1.29 is 13.2 Å². The van der Waals surface area contributed by atoms with Crippen LogP contribution < -0.4 is 10.0 Å². The standard InChI is InChI=1S/C22H22N2O3S/c1-16(2)20-13-6-7-14-21(20)23-22(25)17-9-8-12-19(15-17)28(26,27)24-18-10-4-3-5-11-18/h3-16,24H,1-2H3,(H,23,25). The summed E-state index contributed by atoms with van der Waals surface area (Å²) in [4.78, 5) is 12.7.